The van der Waals surface area contributed by atoms with E-state index in [1.807, 2.05) is 0 Å². The molecule has 0 spiro atoms. The zero-order chi connectivity index (χ0) is 14.0. The van der Waals surface area contributed by atoms with Gasteiger partial charge in [-0.1, -0.05) is 12.2 Å². The Morgan fingerprint density at radius 2 is 1.50 bits per heavy atom. The number of hydrogen-bond acceptors (Lipinski definition) is 6. The molecule has 0 N–H and O–H groups in total. The molecule has 0 amide bonds. The van der Waals surface area contributed by atoms with Crippen LogP contribution in [0.4, 0.5) is 0 Å². The number of ether oxygens (including phenoxy) is 3. The molecule has 0 aromatic heterocycles. The molecule has 0 aliphatic carbocycles. The molecule has 0 fully saturated rings. The fourth-order valence-corrected chi connectivity index (χ4v) is 1.26. The molecule has 0 radical (unpaired) electrons. The number of carbonyl (C=O) groups is 3. The highest BCUT2D eigenvalue weighted by Gasteiger charge is 2.27. The van der Waals surface area contributed by atoms with Gasteiger partial charge in [-0.05, 0) is 12.8 Å². The third kappa shape index (κ3) is 6.03. The van der Waals surface area contributed by atoms with Crippen LogP contribution in [-0.2, 0) is 28.6 Å². The van der Waals surface area contributed by atoms with Gasteiger partial charge in [-0.3, -0.25) is 14.4 Å². The maximum atomic E-state index is 11.3. The second-order valence-corrected chi connectivity index (χ2v) is 3.43. The summed E-state index contributed by atoms with van der Waals surface area (Å²) in [6, 6.07) is 0. The van der Waals surface area contributed by atoms with Gasteiger partial charge in [0.05, 0.1) is 27.8 Å². The molecule has 0 aliphatic heterocycles. The molecular formula is C12H18O6. The minimum Gasteiger partial charge on any atom is -0.469 e. The van der Waals surface area contributed by atoms with Crippen molar-refractivity contribution in [2.75, 3.05) is 21.3 Å². The van der Waals surface area contributed by atoms with Gasteiger partial charge >= 0.3 is 17.9 Å². The molecule has 0 aliphatic rings. The Kier molecular flexibility index (Phi) is 8.26. The van der Waals surface area contributed by atoms with E-state index in [0.717, 1.165) is 0 Å². The fraction of sp³-hybridized carbons (Fsp3) is 0.583. The van der Waals surface area contributed by atoms with E-state index in [0.29, 0.717) is 6.42 Å². The molecule has 0 saturated carbocycles. The minimum absolute atomic E-state index is 0.164. The van der Waals surface area contributed by atoms with Crippen molar-refractivity contribution in [3.05, 3.63) is 12.2 Å². The molecule has 0 aromatic rings. The zero-order valence-electron chi connectivity index (χ0n) is 10.8. The van der Waals surface area contributed by atoms with E-state index < -0.39 is 17.9 Å². The van der Waals surface area contributed by atoms with E-state index in [9.17, 15) is 14.4 Å². The highest BCUT2D eigenvalue weighted by atomic mass is 16.5. The van der Waals surface area contributed by atoms with Crippen LogP contribution >= 0.6 is 0 Å². The lowest BCUT2D eigenvalue weighted by Gasteiger charge is -2.10. The fourth-order valence-electron chi connectivity index (χ4n) is 1.26. The van der Waals surface area contributed by atoms with Gasteiger partial charge in [0, 0.05) is 0 Å². The van der Waals surface area contributed by atoms with E-state index in [1.54, 1.807) is 12.2 Å². The van der Waals surface area contributed by atoms with Crippen LogP contribution in [0.5, 0.6) is 0 Å². The maximum absolute atomic E-state index is 11.3. The molecule has 6 heteroatoms. The van der Waals surface area contributed by atoms with Crippen molar-refractivity contribution in [1.82, 2.24) is 0 Å². The van der Waals surface area contributed by atoms with Crippen LogP contribution in [0.15, 0.2) is 12.2 Å². The highest BCUT2D eigenvalue weighted by molar-refractivity contribution is 5.94. The van der Waals surface area contributed by atoms with E-state index in [-0.39, 0.29) is 18.8 Å². The van der Waals surface area contributed by atoms with Gasteiger partial charge < -0.3 is 14.2 Å². The summed E-state index contributed by atoms with van der Waals surface area (Å²) in [4.78, 5) is 33.4. The normalized spacial score (nSPS) is 10.4. The van der Waals surface area contributed by atoms with Crippen molar-refractivity contribution in [2.24, 2.45) is 5.92 Å². The van der Waals surface area contributed by atoms with Crippen molar-refractivity contribution in [3.8, 4) is 0 Å². The molecule has 6 nitrogen and oxygen atoms in total. The Bertz CT molecular complexity index is 305. The first-order chi connectivity index (χ1) is 8.56. The topological polar surface area (TPSA) is 78.9 Å². The number of methoxy groups -OCH3 is 3. The van der Waals surface area contributed by atoms with Crippen LogP contribution in [0, 0.1) is 5.92 Å². The smallest absolute Gasteiger partial charge is 0.320 e. The van der Waals surface area contributed by atoms with Gasteiger partial charge in [0.15, 0.2) is 5.92 Å². The summed E-state index contributed by atoms with van der Waals surface area (Å²) in [5, 5.41) is 0. The van der Waals surface area contributed by atoms with E-state index in [2.05, 4.69) is 14.2 Å². The number of carbonyl (C=O) groups excluding carboxylic acids is 3. The molecule has 0 aromatic carbocycles. The highest BCUT2D eigenvalue weighted by Crippen LogP contribution is 2.11. The average molecular weight is 258 g/mol. The molecule has 0 heterocycles. The van der Waals surface area contributed by atoms with Crippen molar-refractivity contribution >= 4 is 17.9 Å². The Labute approximate surface area is 106 Å². The summed E-state index contributed by atoms with van der Waals surface area (Å²) < 4.78 is 13.5. The first kappa shape index (κ1) is 16.1. The number of hydrogen-bond donors (Lipinski definition) is 0. The van der Waals surface area contributed by atoms with Crippen LogP contribution in [0.1, 0.15) is 19.3 Å². The van der Waals surface area contributed by atoms with E-state index in [4.69, 9.17) is 0 Å². The van der Waals surface area contributed by atoms with Crippen molar-refractivity contribution in [2.45, 2.75) is 19.3 Å². The monoisotopic (exact) mass is 258 g/mol. The Morgan fingerprint density at radius 1 is 0.944 bits per heavy atom. The number of allylic oxidation sites excluding steroid dienone is 1. The summed E-state index contributed by atoms with van der Waals surface area (Å²) in [7, 11) is 3.73. The second kappa shape index (κ2) is 9.21. The maximum Gasteiger partial charge on any atom is 0.320 e. The summed E-state index contributed by atoms with van der Waals surface area (Å²) in [6.45, 7) is 0. The van der Waals surface area contributed by atoms with Gasteiger partial charge in [0.2, 0.25) is 0 Å². The lowest BCUT2D eigenvalue weighted by Crippen LogP contribution is -2.26. The van der Waals surface area contributed by atoms with Crippen LogP contribution in [0.3, 0.4) is 0 Å². The summed E-state index contributed by atoms with van der Waals surface area (Å²) >= 11 is 0. The SMILES string of the molecule is COC(=O)CC=CCCC(C(=O)OC)C(=O)OC. The summed E-state index contributed by atoms with van der Waals surface area (Å²) in [5.74, 6) is -2.52. The Hall–Kier alpha value is -1.85. The van der Waals surface area contributed by atoms with Gasteiger partial charge in [-0.15, -0.1) is 0 Å². The van der Waals surface area contributed by atoms with E-state index >= 15 is 0 Å². The minimum atomic E-state index is -0.928. The predicted molar refractivity (Wildman–Crippen MR) is 62.5 cm³/mol. The van der Waals surface area contributed by atoms with Gasteiger partial charge in [-0.25, -0.2) is 0 Å². The molecule has 102 valence electrons. The first-order valence-corrected chi connectivity index (χ1v) is 5.44. The van der Waals surface area contributed by atoms with Crippen LogP contribution in [-0.4, -0.2) is 39.2 Å². The Balaban J connectivity index is 4.16. The summed E-state index contributed by atoms with van der Waals surface area (Å²) in [6.07, 6.45) is 4.23. The predicted octanol–water partition coefficient (Wildman–Crippen LogP) is 0.848. The largest absolute Gasteiger partial charge is 0.469 e. The van der Waals surface area contributed by atoms with Crippen molar-refractivity contribution < 1.29 is 28.6 Å². The number of esters is 3. The van der Waals surface area contributed by atoms with Crippen LogP contribution in [0.25, 0.3) is 0 Å². The third-order valence-corrected chi connectivity index (χ3v) is 2.27. The van der Waals surface area contributed by atoms with Crippen molar-refractivity contribution in [3.63, 3.8) is 0 Å². The molecule has 0 unspecified atom stereocenters. The summed E-state index contributed by atoms with van der Waals surface area (Å²) in [5.41, 5.74) is 0. The molecule has 0 bridgehead atoms. The zero-order valence-corrected chi connectivity index (χ0v) is 10.8. The van der Waals surface area contributed by atoms with Crippen molar-refractivity contribution in [1.29, 1.82) is 0 Å². The van der Waals surface area contributed by atoms with Gasteiger partial charge in [0.1, 0.15) is 0 Å². The Morgan fingerprint density at radius 3 is 1.94 bits per heavy atom. The van der Waals surface area contributed by atoms with Gasteiger partial charge in [-0.2, -0.15) is 0 Å². The first-order valence-electron chi connectivity index (χ1n) is 5.44. The molecule has 18 heavy (non-hydrogen) atoms. The molecule has 0 saturated heterocycles. The van der Waals surface area contributed by atoms with Crippen LogP contribution < -0.4 is 0 Å². The third-order valence-electron chi connectivity index (χ3n) is 2.27. The molecule has 0 atom stereocenters. The van der Waals surface area contributed by atoms with Crippen LogP contribution in [0.2, 0.25) is 0 Å². The quantitative estimate of drug-likeness (QED) is 0.291. The lowest BCUT2D eigenvalue weighted by atomic mass is 10.0. The molecular weight excluding hydrogens is 240 g/mol. The standard InChI is InChI=1S/C12H18O6/c1-16-10(13)8-6-4-5-7-9(11(14)17-2)12(15)18-3/h4,6,9H,5,7-8H2,1-3H3. The average Bonchev–Trinajstić information content (AvgIpc) is 2.40. The molecule has 0 rings (SSSR count). The number of rotatable bonds is 7. The lowest BCUT2D eigenvalue weighted by molar-refractivity contribution is -0.159. The van der Waals surface area contributed by atoms with Gasteiger partial charge in [0.25, 0.3) is 0 Å². The second-order valence-electron chi connectivity index (χ2n) is 3.43. The van der Waals surface area contributed by atoms with E-state index in [1.165, 1.54) is 21.3 Å².